The second kappa shape index (κ2) is 8.13. The summed E-state index contributed by atoms with van der Waals surface area (Å²) in [5.41, 5.74) is 1.81. The van der Waals surface area contributed by atoms with Crippen molar-refractivity contribution in [3.8, 4) is 17.1 Å². The Morgan fingerprint density at radius 2 is 1.86 bits per heavy atom. The van der Waals surface area contributed by atoms with Crippen LogP contribution >= 0.6 is 0 Å². The van der Waals surface area contributed by atoms with Gasteiger partial charge in [-0.2, -0.15) is 0 Å². The average Bonchev–Trinajstić information content (AvgIpc) is 3.16. The topological polar surface area (TPSA) is 111 Å². The number of sulfonamides is 1. The van der Waals surface area contributed by atoms with Crippen molar-refractivity contribution in [3.63, 3.8) is 0 Å². The number of anilines is 1. The van der Waals surface area contributed by atoms with Crippen LogP contribution in [0.2, 0.25) is 0 Å². The number of methoxy groups -OCH3 is 1. The van der Waals surface area contributed by atoms with E-state index in [1.807, 2.05) is 12.1 Å². The zero-order valence-corrected chi connectivity index (χ0v) is 16.1. The Hall–Kier alpha value is -3.33. The van der Waals surface area contributed by atoms with Gasteiger partial charge in [-0.05, 0) is 23.8 Å². The highest BCUT2D eigenvalue weighted by Crippen LogP contribution is 2.29. The molecule has 0 unspecified atom stereocenters. The van der Waals surface area contributed by atoms with Crippen LogP contribution in [0.1, 0.15) is 16.1 Å². The van der Waals surface area contributed by atoms with E-state index in [0.717, 1.165) is 6.26 Å². The number of nitrogens with zero attached hydrogens (tertiary/aromatic N) is 1. The van der Waals surface area contributed by atoms with Crippen molar-refractivity contribution in [2.24, 2.45) is 0 Å². The fraction of sp³-hybridized carbons (Fsp3) is 0.158. The highest BCUT2D eigenvalue weighted by Gasteiger charge is 2.16. The van der Waals surface area contributed by atoms with E-state index in [2.05, 4.69) is 15.2 Å². The molecule has 1 aromatic heterocycles. The van der Waals surface area contributed by atoms with Gasteiger partial charge >= 0.3 is 0 Å². The number of ether oxygens (including phenoxy) is 1. The van der Waals surface area contributed by atoms with Gasteiger partial charge in [0.1, 0.15) is 5.75 Å². The maximum Gasteiger partial charge on any atom is 0.273 e. The van der Waals surface area contributed by atoms with Crippen LogP contribution in [0.5, 0.6) is 5.75 Å². The summed E-state index contributed by atoms with van der Waals surface area (Å²) in [6.07, 6.45) is 1.07. The van der Waals surface area contributed by atoms with E-state index in [-0.39, 0.29) is 12.2 Å². The molecule has 3 aromatic rings. The van der Waals surface area contributed by atoms with Crippen molar-refractivity contribution in [2.45, 2.75) is 6.54 Å². The summed E-state index contributed by atoms with van der Waals surface area (Å²) in [7, 11) is -1.88. The molecule has 0 bridgehead atoms. The first-order valence-corrected chi connectivity index (χ1v) is 10.2. The number of para-hydroxylation sites is 2. The van der Waals surface area contributed by atoms with Crippen molar-refractivity contribution in [3.05, 3.63) is 65.9 Å². The lowest BCUT2D eigenvalue weighted by Gasteiger charge is -2.10. The van der Waals surface area contributed by atoms with Gasteiger partial charge in [0.05, 0.1) is 24.6 Å². The van der Waals surface area contributed by atoms with Gasteiger partial charge in [-0.1, -0.05) is 35.5 Å². The summed E-state index contributed by atoms with van der Waals surface area (Å²) >= 11 is 0. The first-order chi connectivity index (χ1) is 13.4. The third-order valence-corrected chi connectivity index (χ3v) is 4.46. The van der Waals surface area contributed by atoms with E-state index in [1.54, 1.807) is 43.5 Å². The fourth-order valence-electron chi connectivity index (χ4n) is 2.60. The number of hydrogen-bond acceptors (Lipinski definition) is 6. The van der Waals surface area contributed by atoms with E-state index in [0.29, 0.717) is 28.3 Å². The van der Waals surface area contributed by atoms with Gasteiger partial charge in [0.15, 0.2) is 11.5 Å². The predicted octanol–water partition coefficient (Wildman–Crippen LogP) is 2.65. The van der Waals surface area contributed by atoms with E-state index in [4.69, 9.17) is 9.26 Å². The Morgan fingerprint density at radius 1 is 1.14 bits per heavy atom. The van der Waals surface area contributed by atoms with Crippen molar-refractivity contribution in [2.75, 3.05) is 18.1 Å². The standard InChI is InChI=1S/C19H19N3O5S/c1-26-17-10-6-4-8-14(17)18-11-16(21-27-18)19(23)20-12-13-7-3-5-9-15(13)22-28(2,24)25/h3-11,22H,12H2,1-2H3,(H,20,23). The number of amides is 1. The molecule has 0 fully saturated rings. The minimum atomic E-state index is -3.43. The largest absolute Gasteiger partial charge is 0.496 e. The van der Waals surface area contributed by atoms with E-state index in [1.165, 1.54) is 6.07 Å². The normalized spacial score (nSPS) is 11.1. The molecular weight excluding hydrogens is 382 g/mol. The van der Waals surface area contributed by atoms with Gasteiger partial charge in [-0.15, -0.1) is 0 Å². The lowest BCUT2D eigenvalue weighted by Crippen LogP contribution is -2.24. The molecular formula is C19H19N3O5S. The fourth-order valence-corrected chi connectivity index (χ4v) is 3.20. The van der Waals surface area contributed by atoms with Crippen LogP contribution in [0.4, 0.5) is 5.69 Å². The molecule has 0 atom stereocenters. The zero-order valence-electron chi connectivity index (χ0n) is 15.3. The smallest absolute Gasteiger partial charge is 0.273 e. The molecule has 28 heavy (non-hydrogen) atoms. The van der Waals surface area contributed by atoms with Crippen LogP contribution in [-0.2, 0) is 16.6 Å². The second-order valence-electron chi connectivity index (χ2n) is 5.99. The van der Waals surface area contributed by atoms with E-state index < -0.39 is 15.9 Å². The minimum absolute atomic E-state index is 0.106. The van der Waals surface area contributed by atoms with E-state index >= 15 is 0 Å². The number of hydrogen-bond donors (Lipinski definition) is 2. The van der Waals surface area contributed by atoms with Crippen LogP contribution < -0.4 is 14.8 Å². The van der Waals surface area contributed by atoms with Crippen molar-refractivity contribution in [1.82, 2.24) is 10.5 Å². The Kier molecular flexibility index (Phi) is 5.65. The molecule has 0 aliphatic rings. The van der Waals surface area contributed by atoms with Gasteiger partial charge in [0.2, 0.25) is 10.0 Å². The highest BCUT2D eigenvalue weighted by molar-refractivity contribution is 7.92. The third-order valence-electron chi connectivity index (χ3n) is 3.87. The Balaban J connectivity index is 1.73. The summed E-state index contributed by atoms with van der Waals surface area (Å²) < 4.78 is 35.9. The van der Waals surface area contributed by atoms with Crippen LogP contribution in [0, 0.1) is 0 Å². The maximum atomic E-state index is 12.4. The molecule has 9 heteroatoms. The molecule has 0 radical (unpaired) electrons. The Labute approximate surface area is 162 Å². The molecule has 3 rings (SSSR count). The van der Waals surface area contributed by atoms with E-state index in [9.17, 15) is 13.2 Å². The first-order valence-electron chi connectivity index (χ1n) is 8.31. The minimum Gasteiger partial charge on any atom is -0.496 e. The van der Waals surface area contributed by atoms with Gasteiger partial charge < -0.3 is 14.6 Å². The second-order valence-corrected chi connectivity index (χ2v) is 7.74. The van der Waals surface area contributed by atoms with Crippen LogP contribution in [0.25, 0.3) is 11.3 Å². The molecule has 146 valence electrons. The van der Waals surface area contributed by atoms with Crippen molar-refractivity contribution in [1.29, 1.82) is 0 Å². The lowest BCUT2D eigenvalue weighted by atomic mass is 10.1. The lowest BCUT2D eigenvalue weighted by molar-refractivity contribution is 0.0942. The average molecular weight is 401 g/mol. The molecule has 0 aliphatic carbocycles. The Bertz CT molecular complexity index is 1090. The van der Waals surface area contributed by atoms with Gasteiger partial charge in [-0.25, -0.2) is 8.42 Å². The molecule has 8 nitrogen and oxygen atoms in total. The summed E-state index contributed by atoms with van der Waals surface area (Å²) in [5, 5.41) is 6.52. The number of rotatable bonds is 7. The Morgan fingerprint density at radius 3 is 2.61 bits per heavy atom. The molecule has 0 spiro atoms. The molecule has 2 N–H and O–H groups in total. The van der Waals surface area contributed by atoms with Gasteiger partial charge in [0.25, 0.3) is 5.91 Å². The van der Waals surface area contributed by atoms with Crippen LogP contribution in [0.15, 0.2) is 59.1 Å². The quantitative estimate of drug-likeness (QED) is 0.630. The molecule has 2 aromatic carbocycles. The zero-order chi connectivity index (χ0) is 20.1. The predicted molar refractivity (Wildman–Crippen MR) is 105 cm³/mol. The number of aromatic nitrogens is 1. The molecule has 0 saturated heterocycles. The van der Waals surface area contributed by atoms with Gasteiger partial charge in [0, 0.05) is 12.6 Å². The summed E-state index contributed by atoms with van der Waals surface area (Å²) in [6, 6.07) is 15.6. The molecule has 0 aliphatic heterocycles. The number of benzene rings is 2. The highest BCUT2D eigenvalue weighted by atomic mass is 32.2. The molecule has 1 heterocycles. The molecule has 1 amide bonds. The van der Waals surface area contributed by atoms with Gasteiger partial charge in [-0.3, -0.25) is 9.52 Å². The number of carbonyl (C=O) groups excluding carboxylic acids is 1. The first kappa shape index (κ1) is 19.4. The third kappa shape index (κ3) is 4.68. The van der Waals surface area contributed by atoms with Crippen molar-refractivity contribution >= 4 is 21.6 Å². The monoisotopic (exact) mass is 401 g/mol. The van der Waals surface area contributed by atoms with Crippen LogP contribution in [0.3, 0.4) is 0 Å². The summed E-state index contributed by atoms with van der Waals surface area (Å²) in [5.74, 6) is 0.562. The SMILES string of the molecule is COc1ccccc1-c1cc(C(=O)NCc2ccccc2NS(C)(=O)=O)no1. The summed E-state index contributed by atoms with van der Waals surface area (Å²) in [6.45, 7) is 0.119. The maximum absolute atomic E-state index is 12.4. The number of nitrogens with one attached hydrogen (secondary N) is 2. The molecule has 0 saturated carbocycles. The summed E-state index contributed by atoms with van der Waals surface area (Å²) in [4.78, 5) is 12.4. The van der Waals surface area contributed by atoms with Crippen LogP contribution in [-0.4, -0.2) is 32.8 Å². The van der Waals surface area contributed by atoms with Crippen molar-refractivity contribution < 1.29 is 22.5 Å². The number of carbonyl (C=O) groups is 1.